The molecule has 4 heteroatoms. The van der Waals surface area contributed by atoms with Crippen LogP contribution >= 0.6 is 0 Å². The van der Waals surface area contributed by atoms with Crippen LogP contribution in [0, 0.1) is 13.5 Å². The summed E-state index contributed by atoms with van der Waals surface area (Å²) in [5, 5.41) is 19.5. The Hall–Kier alpha value is -2.27. The van der Waals surface area contributed by atoms with Crippen LogP contribution in [0.5, 0.6) is 0 Å². The van der Waals surface area contributed by atoms with E-state index in [1.807, 2.05) is 54.6 Å². The van der Waals surface area contributed by atoms with E-state index in [0.717, 1.165) is 16.9 Å². The van der Waals surface area contributed by atoms with Gasteiger partial charge in [0, 0.05) is 16.8 Å². The fraction of sp³-hybridized carbons (Fsp3) is 0.321. The Kier molecular flexibility index (Phi) is 14.4. The Labute approximate surface area is 205 Å². The van der Waals surface area contributed by atoms with E-state index in [-0.39, 0.29) is 24.2 Å². The van der Waals surface area contributed by atoms with Gasteiger partial charge in [0.25, 0.3) is 0 Å². The van der Waals surface area contributed by atoms with E-state index in [0.29, 0.717) is 18.3 Å². The minimum absolute atomic E-state index is 0. The third-order valence-corrected chi connectivity index (χ3v) is 4.86. The van der Waals surface area contributed by atoms with Crippen molar-refractivity contribution in [3.05, 3.63) is 114 Å². The average Bonchev–Trinajstić information content (AvgIpc) is 2.75. The van der Waals surface area contributed by atoms with E-state index in [9.17, 15) is 5.11 Å². The van der Waals surface area contributed by atoms with E-state index < -0.39 is 6.23 Å². The average molecular weight is 476 g/mol. The first kappa shape index (κ1) is 29.7. The van der Waals surface area contributed by atoms with E-state index >= 15 is 0 Å². The minimum atomic E-state index is -0.773. The number of benzene rings is 3. The molecule has 0 aromatic heterocycles. The van der Waals surface area contributed by atoms with Gasteiger partial charge in [-0.1, -0.05) is 86.8 Å². The number of hydrogen-bond donors (Lipinski definition) is 1. The van der Waals surface area contributed by atoms with Gasteiger partial charge in [-0.15, -0.1) is 18.4 Å². The minimum Gasteiger partial charge on any atom is -0.687 e. The summed E-state index contributed by atoms with van der Waals surface area (Å²) in [6.45, 7) is 8.65. The van der Waals surface area contributed by atoms with Gasteiger partial charge in [-0.25, -0.2) is 0 Å². The zero-order chi connectivity index (χ0) is 21.9. The predicted octanol–water partition coefficient (Wildman–Crippen LogP) is 8.07. The van der Waals surface area contributed by atoms with Crippen molar-refractivity contribution in [1.29, 1.82) is 0 Å². The Balaban J connectivity index is 0.00000104. The summed E-state index contributed by atoms with van der Waals surface area (Å²) in [7, 11) is 1.77. The molecule has 0 aliphatic carbocycles. The number of aliphatic hydroxyl groups is 1. The van der Waals surface area contributed by atoms with Gasteiger partial charge in [0.2, 0.25) is 0 Å². The zero-order valence-corrected chi connectivity index (χ0v) is 21.1. The van der Waals surface area contributed by atoms with Gasteiger partial charge in [-0.05, 0) is 24.5 Å². The molecule has 0 amide bonds. The van der Waals surface area contributed by atoms with E-state index in [2.05, 4.69) is 62.6 Å². The van der Waals surface area contributed by atoms with Gasteiger partial charge >= 0.3 is 0 Å². The number of para-hydroxylation sites is 2. The largest absolute Gasteiger partial charge is 0.687 e. The Bertz CT molecular complexity index is 829. The van der Waals surface area contributed by atoms with Crippen LogP contribution in [0.1, 0.15) is 56.2 Å². The molecule has 177 valence electrons. The molecule has 32 heavy (non-hydrogen) atoms. The molecule has 0 aliphatic rings. The molecule has 1 atom stereocenters. The number of aliphatic hydroxyl groups excluding tert-OH is 1. The van der Waals surface area contributed by atoms with Crippen LogP contribution in [0.2, 0.25) is 0 Å². The van der Waals surface area contributed by atoms with Gasteiger partial charge in [-0.3, -0.25) is 0 Å². The molecule has 1 radical (unpaired) electrons. The molecule has 0 spiro atoms. The van der Waals surface area contributed by atoms with Crippen molar-refractivity contribution in [2.45, 2.75) is 52.2 Å². The molecule has 0 heterocycles. The van der Waals surface area contributed by atoms with Crippen molar-refractivity contribution in [2.24, 2.45) is 0 Å². The second-order valence-corrected chi connectivity index (χ2v) is 7.84. The second-order valence-electron chi connectivity index (χ2n) is 7.84. The van der Waals surface area contributed by atoms with Crippen LogP contribution in [0.3, 0.4) is 0 Å². The molecule has 3 nitrogen and oxygen atoms in total. The summed E-state index contributed by atoms with van der Waals surface area (Å²) in [6.07, 6.45) is -0.303. The third kappa shape index (κ3) is 9.07. The maximum absolute atomic E-state index is 10.6. The standard InChI is InChI=1S/C21H28N2O.C6H5.CH3.Co/c1-14(2)17-10-8-11-18(15(3)4)21(17)23-20(24)13-16-9-6-7-12-19(16)22-5;1-2-4-6-5-3-1;;/h6-12,14-15,20,24H,13H2,1-5H3;1-5H;1H3;/q-2;2*-1;. The normalized spacial score (nSPS) is 10.9. The smallest absolute Gasteiger partial charge is 0 e. The molecular formula is C28H36CoN2O-4. The summed E-state index contributed by atoms with van der Waals surface area (Å²) in [5.41, 5.74) is 5.25. The first-order valence-electron chi connectivity index (χ1n) is 10.5. The fourth-order valence-corrected chi connectivity index (χ4v) is 3.30. The fourth-order valence-electron chi connectivity index (χ4n) is 3.30. The topological polar surface area (TPSA) is 48.4 Å². The first-order chi connectivity index (χ1) is 14.4. The van der Waals surface area contributed by atoms with Crippen LogP contribution in [0.4, 0.5) is 11.4 Å². The van der Waals surface area contributed by atoms with E-state index in [1.54, 1.807) is 7.05 Å². The maximum Gasteiger partial charge on any atom is 0 e. The molecule has 0 fully saturated rings. The van der Waals surface area contributed by atoms with Gasteiger partial charge in [-0.2, -0.15) is 36.4 Å². The van der Waals surface area contributed by atoms with Crippen LogP contribution in [0.25, 0.3) is 10.6 Å². The van der Waals surface area contributed by atoms with Crippen LogP contribution in [0.15, 0.2) is 72.8 Å². The number of rotatable bonds is 7. The molecule has 3 aromatic rings. The molecule has 3 rings (SSSR count). The SMILES string of the molecule is C[N-]c1ccccc1CC(O)[N-]c1c(C(C)C)cccc1C(C)C.[CH3-].[Co].[c-]1ccccc1. The van der Waals surface area contributed by atoms with Crippen molar-refractivity contribution in [2.75, 3.05) is 7.05 Å². The summed E-state index contributed by atoms with van der Waals surface area (Å²) in [6, 6.07) is 26.7. The van der Waals surface area contributed by atoms with E-state index in [4.69, 9.17) is 0 Å². The quantitative estimate of drug-likeness (QED) is 0.345. The molecule has 0 saturated heterocycles. The van der Waals surface area contributed by atoms with Crippen LogP contribution in [-0.2, 0) is 23.2 Å². The van der Waals surface area contributed by atoms with Crippen molar-refractivity contribution < 1.29 is 21.9 Å². The van der Waals surface area contributed by atoms with Crippen molar-refractivity contribution in [3.63, 3.8) is 0 Å². The molecule has 3 aromatic carbocycles. The van der Waals surface area contributed by atoms with E-state index in [1.165, 1.54) is 11.1 Å². The first-order valence-corrected chi connectivity index (χ1v) is 10.5. The Morgan fingerprint density at radius 3 is 1.81 bits per heavy atom. The van der Waals surface area contributed by atoms with Gasteiger partial charge in [0.05, 0.1) is 0 Å². The van der Waals surface area contributed by atoms with Gasteiger partial charge in [0.15, 0.2) is 0 Å². The molecule has 0 bridgehead atoms. The van der Waals surface area contributed by atoms with Crippen LogP contribution < -0.4 is 0 Å². The summed E-state index contributed by atoms with van der Waals surface area (Å²) < 4.78 is 0. The zero-order valence-electron chi connectivity index (χ0n) is 20.0. The molecule has 0 saturated carbocycles. The summed E-state index contributed by atoms with van der Waals surface area (Å²) >= 11 is 0. The summed E-state index contributed by atoms with van der Waals surface area (Å²) in [5.74, 6) is 0.736. The predicted molar refractivity (Wildman–Crippen MR) is 134 cm³/mol. The van der Waals surface area contributed by atoms with Gasteiger partial charge in [0.1, 0.15) is 0 Å². The van der Waals surface area contributed by atoms with Crippen molar-refractivity contribution in [1.82, 2.24) is 0 Å². The van der Waals surface area contributed by atoms with Gasteiger partial charge < -0.3 is 23.2 Å². The molecule has 1 N–H and O–H groups in total. The molecule has 1 unspecified atom stereocenters. The second kappa shape index (κ2) is 15.5. The maximum atomic E-state index is 10.6. The van der Waals surface area contributed by atoms with Crippen molar-refractivity contribution in [3.8, 4) is 0 Å². The van der Waals surface area contributed by atoms with Crippen molar-refractivity contribution >= 4 is 11.4 Å². The third-order valence-electron chi connectivity index (χ3n) is 4.86. The Morgan fingerprint density at radius 2 is 1.38 bits per heavy atom. The molecular weight excluding hydrogens is 439 g/mol. The Morgan fingerprint density at radius 1 is 0.812 bits per heavy atom. The number of nitrogens with zero attached hydrogens (tertiary/aromatic N) is 2. The number of hydrogen-bond acceptors (Lipinski definition) is 1. The van der Waals surface area contributed by atoms with Crippen LogP contribution in [-0.4, -0.2) is 18.4 Å². The molecule has 0 aliphatic heterocycles. The summed E-state index contributed by atoms with van der Waals surface area (Å²) in [4.78, 5) is 0. The monoisotopic (exact) mass is 475 g/mol.